The van der Waals surface area contributed by atoms with Gasteiger partial charge >= 0.3 is 0 Å². The zero-order valence-electron chi connectivity index (χ0n) is 19.6. The maximum Gasteiger partial charge on any atom is 0.293 e. The van der Waals surface area contributed by atoms with Gasteiger partial charge in [-0.05, 0) is 63.2 Å². The predicted molar refractivity (Wildman–Crippen MR) is 119 cm³/mol. The number of aliphatic hydroxyl groups is 1. The van der Waals surface area contributed by atoms with Crippen molar-refractivity contribution >= 4 is 11.9 Å². The Morgan fingerprint density at radius 2 is 2.03 bits per heavy atom. The molecule has 5 aliphatic rings. The standard InChI is InChI=1S/C25H39N3O4/c1-16-8-9-17-12-19-20(21(29)30)24(31,15-32-18-6-3-4-7-18)13-25(16,19)23(17)10-5-11-28(14-23)22(26)27-2/h16-18,31H,3-15H2,1-2H3,(H2,26,27)(H,29,30). The zero-order valence-corrected chi connectivity index (χ0v) is 19.6. The number of allylic oxidation sites excluding steroid dienone is 1. The normalized spacial score (nSPS) is 44.5. The molecule has 32 heavy (non-hydrogen) atoms. The molecule has 0 amide bonds. The minimum Gasteiger partial charge on any atom is -0.545 e. The Morgan fingerprint density at radius 3 is 2.72 bits per heavy atom. The van der Waals surface area contributed by atoms with Crippen LogP contribution in [0.5, 0.6) is 0 Å². The second kappa shape index (κ2) is 7.81. The van der Waals surface area contributed by atoms with E-state index in [-0.39, 0.29) is 29.1 Å². The van der Waals surface area contributed by atoms with Crippen LogP contribution in [0.15, 0.2) is 16.1 Å². The summed E-state index contributed by atoms with van der Waals surface area (Å²) in [7, 11) is 1.74. The van der Waals surface area contributed by atoms with Gasteiger partial charge in [0.2, 0.25) is 0 Å². The number of aliphatic imine (C=N–C) groups is 1. The minimum absolute atomic E-state index is 0.0541. The summed E-state index contributed by atoms with van der Waals surface area (Å²) in [4.78, 5) is 18.0. The predicted octanol–water partition coefficient (Wildman–Crippen LogP) is 0.173. The summed E-state index contributed by atoms with van der Waals surface area (Å²) in [6.45, 7) is 4.16. The highest BCUT2D eigenvalue weighted by Gasteiger charge is 2.73. The van der Waals surface area contributed by atoms with Gasteiger partial charge < -0.3 is 25.5 Å². The molecule has 7 heteroatoms. The Balaban J connectivity index is 1.57. The lowest BCUT2D eigenvalue weighted by molar-refractivity contribution is -0.826. The highest BCUT2D eigenvalue weighted by Crippen LogP contribution is 2.75. The molecule has 2 bridgehead atoms. The van der Waals surface area contributed by atoms with Crippen molar-refractivity contribution in [3.05, 3.63) is 11.1 Å². The number of ether oxygens (including phenoxy) is 1. The van der Waals surface area contributed by atoms with Gasteiger partial charge in [0.15, 0.2) is 0 Å². The lowest BCUT2D eigenvalue weighted by atomic mass is 9.48. The first-order valence-electron chi connectivity index (χ1n) is 12.6. The van der Waals surface area contributed by atoms with Gasteiger partial charge in [0.05, 0.1) is 31.8 Å². The van der Waals surface area contributed by atoms with Gasteiger partial charge in [0.1, 0.15) is 5.60 Å². The molecule has 5 rings (SSSR count). The molecule has 4 aliphatic carbocycles. The summed E-state index contributed by atoms with van der Waals surface area (Å²) in [6, 6.07) is 0. The topological polar surface area (TPSA) is 112 Å². The van der Waals surface area contributed by atoms with Crippen molar-refractivity contribution in [2.24, 2.45) is 33.4 Å². The lowest BCUT2D eigenvalue weighted by Gasteiger charge is -2.57. The molecule has 0 aromatic rings. The van der Waals surface area contributed by atoms with Crippen LogP contribution in [0.25, 0.3) is 0 Å². The Hall–Kier alpha value is -1.44. The van der Waals surface area contributed by atoms with Gasteiger partial charge in [0.25, 0.3) is 5.96 Å². The molecule has 0 radical (unpaired) electrons. The van der Waals surface area contributed by atoms with Crippen molar-refractivity contribution in [1.29, 1.82) is 0 Å². The van der Waals surface area contributed by atoms with Crippen molar-refractivity contribution in [2.75, 3.05) is 26.7 Å². The first-order valence-corrected chi connectivity index (χ1v) is 12.6. The summed E-state index contributed by atoms with van der Waals surface area (Å²) in [5, 5.41) is 24.4. The van der Waals surface area contributed by atoms with E-state index < -0.39 is 11.6 Å². The number of quaternary nitrogens is 1. The van der Waals surface area contributed by atoms with E-state index in [1.54, 1.807) is 7.05 Å². The van der Waals surface area contributed by atoms with Crippen LogP contribution in [0.3, 0.4) is 0 Å². The zero-order chi connectivity index (χ0) is 22.7. The number of rotatable bonds is 4. The Bertz CT molecular complexity index is 850. The van der Waals surface area contributed by atoms with Crippen molar-refractivity contribution < 1.29 is 24.6 Å². The van der Waals surface area contributed by atoms with E-state index in [1.807, 2.05) is 0 Å². The van der Waals surface area contributed by atoms with Crippen LogP contribution in [0.2, 0.25) is 0 Å². The molecule has 6 unspecified atom stereocenters. The fourth-order valence-electron chi connectivity index (χ4n) is 8.79. The minimum atomic E-state index is -1.47. The van der Waals surface area contributed by atoms with Gasteiger partial charge in [-0.1, -0.05) is 25.3 Å². The average molecular weight is 446 g/mol. The number of likely N-dealkylation sites (tertiary alicyclic amines) is 1. The number of aliphatic carboxylic acids is 1. The van der Waals surface area contributed by atoms with E-state index in [2.05, 4.69) is 11.9 Å². The fourth-order valence-corrected chi connectivity index (χ4v) is 8.79. The van der Waals surface area contributed by atoms with E-state index >= 15 is 0 Å². The number of nitrogens with zero attached hydrogens (tertiary/aromatic N) is 1. The number of carboxylic acids is 1. The monoisotopic (exact) mass is 445 g/mol. The summed E-state index contributed by atoms with van der Waals surface area (Å²) < 4.78 is 6.14. The largest absolute Gasteiger partial charge is 0.545 e. The molecule has 0 aromatic carbocycles. The van der Waals surface area contributed by atoms with Crippen molar-refractivity contribution in [2.45, 2.75) is 82.8 Å². The van der Waals surface area contributed by atoms with Crippen molar-refractivity contribution in [1.82, 2.24) is 0 Å². The summed E-state index contributed by atoms with van der Waals surface area (Å²) >= 11 is 0. The average Bonchev–Trinajstić information content (AvgIpc) is 3.41. The number of nitrogens with one attached hydrogen (secondary N) is 1. The first kappa shape index (κ1) is 22.4. The molecule has 1 saturated heterocycles. The van der Waals surface area contributed by atoms with Gasteiger partial charge in [-0.15, -0.1) is 0 Å². The second-order valence-electron chi connectivity index (χ2n) is 11.3. The molecule has 0 aromatic heterocycles. The van der Waals surface area contributed by atoms with Crippen LogP contribution in [0, 0.1) is 22.7 Å². The summed E-state index contributed by atoms with van der Waals surface area (Å²) in [5.41, 5.74) is 5.57. The van der Waals surface area contributed by atoms with Gasteiger partial charge in [-0.2, -0.15) is 0 Å². The van der Waals surface area contributed by atoms with Crippen LogP contribution >= 0.6 is 0 Å². The maximum atomic E-state index is 12.5. The van der Waals surface area contributed by atoms with E-state index in [4.69, 9.17) is 10.5 Å². The highest BCUT2D eigenvalue weighted by molar-refractivity contribution is 5.90. The number of hydrogen-bond acceptors (Lipinski definition) is 5. The lowest BCUT2D eigenvalue weighted by Crippen LogP contribution is -3.18. The number of carbonyl (C=O) groups excluding carboxylic acids is 1. The van der Waals surface area contributed by atoms with Crippen LogP contribution in [0.1, 0.15) is 71.1 Å². The van der Waals surface area contributed by atoms with Crippen molar-refractivity contribution in [3.8, 4) is 0 Å². The molecule has 178 valence electrons. The fraction of sp³-hybridized carbons (Fsp3) is 0.840. The first-order chi connectivity index (χ1) is 15.3. The van der Waals surface area contributed by atoms with Crippen LogP contribution in [0.4, 0.5) is 0 Å². The number of hydrogen-bond donors (Lipinski definition) is 3. The number of carboxylic acid groups (broad SMARTS) is 1. The molecule has 4 N–H and O–H groups in total. The number of nitrogens with two attached hydrogens (primary N) is 1. The molecule has 2 spiro atoms. The van der Waals surface area contributed by atoms with Gasteiger partial charge in [-0.3, -0.25) is 4.90 Å². The summed E-state index contributed by atoms with van der Waals surface area (Å²) in [5.74, 6) is 0.175. The van der Waals surface area contributed by atoms with E-state index in [1.165, 1.54) is 4.90 Å². The van der Waals surface area contributed by atoms with Gasteiger partial charge in [-0.25, -0.2) is 4.99 Å². The van der Waals surface area contributed by atoms with Crippen LogP contribution < -0.4 is 15.7 Å². The third-order valence-corrected chi connectivity index (χ3v) is 10.1. The molecule has 7 nitrogen and oxygen atoms in total. The Kier molecular flexibility index (Phi) is 5.46. The third kappa shape index (κ3) is 2.96. The van der Waals surface area contributed by atoms with Crippen LogP contribution in [-0.4, -0.2) is 55.5 Å². The van der Waals surface area contributed by atoms with Crippen LogP contribution in [-0.2, 0) is 9.53 Å². The van der Waals surface area contributed by atoms with Crippen molar-refractivity contribution in [3.63, 3.8) is 0 Å². The Labute approximate surface area is 191 Å². The SMILES string of the molecule is CN=C(N)[NH+]1CCCC2(C1)C1CCC(C)C23CC(O)(COC2CCCC2)C(C(=O)[O-])=C3C1. The quantitative estimate of drug-likeness (QED) is 0.422. The summed E-state index contributed by atoms with van der Waals surface area (Å²) in [6.07, 6.45) is 9.89. The second-order valence-corrected chi connectivity index (χ2v) is 11.3. The van der Waals surface area contributed by atoms with Gasteiger partial charge in [0, 0.05) is 23.5 Å². The molecular formula is C25H39N3O4. The van der Waals surface area contributed by atoms with E-state index in [0.717, 1.165) is 76.5 Å². The van der Waals surface area contributed by atoms with E-state index in [9.17, 15) is 15.0 Å². The maximum absolute atomic E-state index is 12.5. The van der Waals surface area contributed by atoms with E-state index in [0.29, 0.717) is 24.2 Å². The smallest absolute Gasteiger partial charge is 0.293 e. The Morgan fingerprint density at radius 1 is 1.28 bits per heavy atom. The third-order valence-electron chi connectivity index (χ3n) is 10.1. The molecule has 4 fully saturated rings. The molecule has 3 saturated carbocycles. The molecular weight excluding hydrogens is 406 g/mol. The molecule has 1 aliphatic heterocycles. The number of piperidine rings is 1. The number of guanidine groups is 1. The highest BCUT2D eigenvalue weighted by atomic mass is 16.5. The number of carbonyl (C=O) groups is 1. The molecule has 1 heterocycles. The molecule has 6 atom stereocenters.